The maximum atomic E-state index is 11.3. The van der Waals surface area contributed by atoms with Crippen molar-refractivity contribution in [1.82, 2.24) is 20.8 Å². The van der Waals surface area contributed by atoms with E-state index in [-0.39, 0.29) is 5.91 Å². The first-order valence-electron chi connectivity index (χ1n) is 6.71. The fourth-order valence-corrected chi connectivity index (χ4v) is 2.12. The van der Waals surface area contributed by atoms with Gasteiger partial charge < -0.3 is 15.4 Å². The van der Waals surface area contributed by atoms with Gasteiger partial charge in [-0.05, 0) is 31.9 Å². The molecule has 0 aliphatic carbocycles. The average molecular weight is 264 g/mol. The predicted octanol–water partition coefficient (Wildman–Crippen LogP) is 0.747. The van der Waals surface area contributed by atoms with Crippen LogP contribution in [0, 0.1) is 0 Å². The molecule has 0 saturated carbocycles. The van der Waals surface area contributed by atoms with Gasteiger partial charge in [0.25, 0.3) is 5.91 Å². The van der Waals surface area contributed by atoms with Crippen LogP contribution in [-0.4, -0.2) is 42.3 Å². The lowest BCUT2D eigenvalue weighted by atomic mass is 10.0. The summed E-state index contributed by atoms with van der Waals surface area (Å²) >= 11 is 0. The average Bonchev–Trinajstić information content (AvgIpc) is 2.48. The van der Waals surface area contributed by atoms with Gasteiger partial charge in [0.15, 0.2) is 5.69 Å². The van der Waals surface area contributed by atoms with E-state index in [1.54, 1.807) is 19.2 Å². The van der Waals surface area contributed by atoms with E-state index in [4.69, 9.17) is 4.74 Å². The second-order valence-electron chi connectivity index (χ2n) is 4.62. The van der Waals surface area contributed by atoms with Gasteiger partial charge in [0.2, 0.25) is 5.88 Å². The normalized spacial score (nSPS) is 18.9. The van der Waals surface area contributed by atoms with E-state index >= 15 is 0 Å². The highest BCUT2D eigenvalue weighted by molar-refractivity contribution is 5.91. The van der Waals surface area contributed by atoms with Crippen LogP contribution in [0.15, 0.2) is 12.1 Å². The molecular weight excluding hydrogens is 244 g/mol. The van der Waals surface area contributed by atoms with Crippen molar-refractivity contribution in [3.05, 3.63) is 17.8 Å². The topological polar surface area (TPSA) is 76.1 Å². The Labute approximate surface area is 112 Å². The molecule has 6 nitrogen and oxygen atoms in total. The quantitative estimate of drug-likeness (QED) is 0.820. The molecule has 0 radical (unpaired) electrons. The van der Waals surface area contributed by atoms with Crippen LogP contribution in [0.1, 0.15) is 36.2 Å². The van der Waals surface area contributed by atoms with Crippen molar-refractivity contribution in [2.24, 2.45) is 0 Å². The number of rotatable bonds is 5. The summed E-state index contributed by atoms with van der Waals surface area (Å²) in [5.74, 6) is 0.217. The lowest BCUT2D eigenvalue weighted by Gasteiger charge is -2.23. The molecule has 1 atom stereocenters. The standard InChI is InChI=1S/C13H20N4O2/c1-14-13(18)11-5-6-12(17-16-11)19-9-7-10-4-2-3-8-15-10/h5-6,10,15H,2-4,7-9H2,1H3,(H,14,18). The molecule has 2 rings (SSSR count). The molecule has 19 heavy (non-hydrogen) atoms. The first-order chi connectivity index (χ1) is 9.29. The molecule has 1 saturated heterocycles. The number of nitrogens with one attached hydrogen (secondary N) is 2. The molecule has 2 heterocycles. The summed E-state index contributed by atoms with van der Waals surface area (Å²) < 4.78 is 5.53. The highest BCUT2D eigenvalue weighted by atomic mass is 16.5. The molecule has 1 aliphatic rings. The predicted molar refractivity (Wildman–Crippen MR) is 71.2 cm³/mol. The summed E-state index contributed by atoms with van der Waals surface area (Å²) in [6.45, 7) is 1.72. The molecule has 1 aromatic rings. The second kappa shape index (κ2) is 7.04. The fourth-order valence-electron chi connectivity index (χ4n) is 2.12. The maximum absolute atomic E-state index is 11.3. The Kier molecular flexibility index (Phi) is 5.09. The molecule has 0 bridgehead atoms. The number of nitrogens with zero attached hydrogens (tertiary/aromatic N) is 2. The highest BCUT2D eigenvalue weighted by Crippen LogP contribution is 2.11. The Morgan fingerprint density at radius 2 is 2.37 bits per heavy atom. The molecule has 2 N–H and O–H groups in total. The van der Waals surface area contributed by atoms with Crippen LogP contribution in [0.4, 0.5) is 0 Å². The summed E-state index contributed by atoms with van der Waals surface area (Å²) in [6.07, 6.45) is 4.74. The minimum absolute atomic E-state index is 0.245. The van der Waals surface area contributed by atoms with E-state index in [0.29, 0.717) is 24.2 Å². The molecule has 1 aliphatic heterocycles. The zero-order valence-corrected chi connectivity index (χ0v) is 11.2. The SMILES string of the molecule is CNC(=O)c1ccc(OCCC2CCCCN2)nn1. The summed E-state index contributed by atoms with van der Waals surface area (Å²) in [5, 5.41) is 13.7. The van der Waals surface area contributed by atoms with Gasteiger partial charge in [-0.3, -0.25) is 4.79 Å². The van der Waals surface area contributed by atoms with Crippen molar-refractivity contribution in [1.29, 1.82) is 0 Å². The number of hydrogen-bond donors (Lipinski definition) is 2. The maximum Gasteiger partial charge on any atom is 0.271 e. The van der Waals surface area contributed by atoms with Crippen molar-refractivity contribution in [2.45, 2.75) is 31.7 Å². The largest absolute Gasteiger partial charge is 0.477 e. The Morgan fingerprint density at radius 1 is 1.47 bits per heavy atom. The number of hydrogen-bond acceptors (Lipinski definition) is 5. The third kappa shape index (κ3) is 4.17. The van der Waals surface area contributed by atoms with Crippen LogP contribution in [0.5, 0.6) is 5.88 Å². The number of amides is 1. The molecule has 104 valence electrons. The van der Waals surface area contributed by atoms with E-state index in [1.807, 2.05) is 0 Å². The number of aromatic nitrogens is 2. The van der Waals surface area contributed by atoms with Crippen molar-refractivity contribution >= 4 is 5.91 Å². The molecule has 0 aromatic carbocycles. The monoisotopic (exact) mass is 264 g/mol. The lowest BCUT2D eigenvalue weighted by molar-refractivity contribution is 0.0957. The lowest BCUT2D eigenvalue weighted by Crippen LogP contribution is -2.35. The van der Waals surface area contributed by atoms with E-state index in [2.05, 4.69) is 20.8 Å². The van der Waals surface area contributed by atoms with Gasteiger partial charge >= 0.3 is 0 Å². The van der Waals surface area contributed by atoms with Gasteiger partial charge in [0, 0.05) is 19.2 Å². The first-order valence-corrected chi connectivity index (χ1v) is 6.71. The van der Waals surface area contributed by atoms with Crippen molar-refractivity contribution in [2.75, 3.05) is 20.2 Å². The molecule has 1 aromatic heterocycles. The Balaban J connectivity index is 1.75. The third-order valence-electron chi connectivity index (χ3n) is 3.23. The van der Waals surface area contributed by atoms with Gasteiger partial charge in [-0.1, -0.05) is 6.42 Å². The van der Waals surface area contributed by atoms with Crippen LogP contribution < -0.4 is 15.4 Å². The number of ether oxygens (including phenoxy) is 1. The van der Waals surface area contributed by atoms with Crippen molar-refractivity contribution < 1.29 is 9.53 Å². The number of piperidine rings is 1. The molecule has 1 amide bonds. The summed E-state index contributed by atoms with van der Waals surface area (Å²) in [7, 11) is 1.56. The molecule has 1 fully saturated rings. The van der Waals surface area contributed by atoms with E-state index in [0.717, 1.165) is 13.0 Å². The first kappa shape index (κ1) is 13.7. The van der Waals surface area contributed by atoms with Crippen molar-refractivity contribution in [3.63, 3.8) is 0 Å². The number of carbonyl (C=O) groups is 1. The van der Waals surface area contributed by atoms with Crippen LogP contribution in [0.25, 0.3) is 0 Å². The summed E-state index contributed by atoms with van der Waals surface area (Å²) in [5.41, 5.74) is 0.295. The van der Waals surface area contributed by atoms with Gasteiger partial charge in [-0.15, -0.1) is 10.2 Å². The van der Waals surface area contributed by atoms with Crippen molar-refractivity contribution in [3.8, 4) is 5.88 Å². The molecule has 0 spiro atoms. The summed E-state index contributed by atoms with van der Waals surface area (Å²) in [6, 6.07) is 3.83. The Morgan fingerprint density at radius 3 is 3.00 bits per heavy atom. The highest BCUT2D eigenvalue weighted by Gasteiger charge is 2.12. The smallest absolute Gasteiger partial charge is 0.271 e. The summed E-state index contributed by atoms with van der Waals surface area (Å²) in [4.78, 5) is 11.3. The fraction of sp³-hybridized carbons (Fsp3) is 0.615. The van der Waals surface area contributed by atoms with Gasteiger partial charge in [-0.25, -0.2) is 0 Å². The van der Waals surface area contributed by atoms with E-state index < -0.39 is 0 Å². The third-order valence-corrected chi connectivity index (χ3v) is 3.23. The van der Waals surface area contributed by atoms with Crippen LogP contribution >= 0.6 is 0 Å². The van der Waals surface area contributed by atoms with Crippen LogP contribution in [-0.2, 0) is 0 Å². The van der Waals surface area contributed by atoms with Crippen LogP contribution in [0.2, 0.25) is 0 Å². The van der Waals surface area contributed by atoms with Gasteiger partial charge in [0.1, 0.15) is 0 Å². The Hall–Kier alpha value is -1.69. The second-order valence-corrected chi connectivity index (χ2v) is 4.62. The van der Waals surface area contributed by atoms with Crippen LogP contribution in [0.3, 0.4) is 0 Å². The van der Waals surface area contributed by atoms with Gasteiger partial charge in [-0.2, -0.15) is 0 Å². The molecular formula is C13H20N4O2. The zero-order chi connectivity index (χ0) is 13.5. The van der Waals surface area contributed by atoms with Gasteiger partial charge in [0.05, 0.1) is 6.61 Å². The minimum atomic E-state index is -0.245. The van der Waals surface area contributed by atoms with E-state index in [9.17, 15) is 4.79 Å². The zero-order valence-electron chi connectivity index (χ0n) is 11.2. The molecule has 1 unspecified atom stereocenters. The number of carbonyl (C=O) groups excluding carboxylic acids is 1. The van der Waals surface area contributed by atoms with E-state index in [1.165, 1.54) is 19.3 Å². The minimum Gasteiger partial charge on any atom is -0.477 e. The Bertz CT molecular complexity index is 402. The molecule has 6 heteroatoms.